The van der Waals surface area contributed by atoms with Crippen LogP contribution in [0.5, 0.6) is 0 Å². The molecule has 2 N–H and O–H groups in total. The molecule has 6 nitrogen and oxygen atoms in total. The van der Waals surface area contributed by atoms with Crippen molar-refractivity contribution in [3.05, 3.63) is 61.2 Å². The van der Waals surface area contributed by atoms with Crippen LogP contribution in [0.3, 0.4) is 0 Å². The minimum absolute atomic E-state index is 0. The Morgan fingerprint density at radius 2 is 0.889 bits per heavy atom. The SMILES string of the molecule is O=S(=O)(O)O.[Ag].c1ccncc1.c1ccncc1. The van der Waals surface area contributed by atoms with Crippen LogP contribution in [-0.4, -0.2) is 27.5 Å². The summed E-state index contributed by atoms with van der Waals surface area (Å²) in [6, 6.07) is 11.4. The maximum absolute atomic E-state index is 8.74. The van der Waals surface area contributed by atoms with Crippen LogP contribution in [0.1, 0.15) is 0 Å². The molecule has 2 aromatic rings. The fraction of sp³-hybridized carbons (Fsp3) is 0. The molecule has 0 unspecified atom stereocenters. The number of pyridine rings is 2. The number of aromatic nitrogens is 2. The summed E-state index contributed by atoms with van der Waals surface area (Å²) in [6.07, 6.45) is 7.00. The summed E-state index contributed by atoms with van der Waals surface area (Å²) >= 11 is 0. The Kier molecular flexibility index (Phi) is 13.2. The zero-order chi connectivity index (χ0) is 13.0. The van der Waals surface area contributed by atoms with Crippen molar-refractivity contribution in [3.63, 3.8) is 0 Å². The Labute approximate surface area is 121 Å². The molecule has 18 heavy (non-hydrogen) atoms. The molecule has 0 atom stereocenters. The Balaban J connectivity index is 0. The molecule has 2 rings (SSSR count). The van der Waals surface area contributed by atoms with E-state index >= 15 is 0 Å². The predicted molar refractivity (Wildman–Crippen MR) is 62.7 cm³/mol. The van der Waals surface area contributed by atoms with Crippen molar-refractivity contribution in [2.45, 2.75) is 0 Å². The van der Waals surface area contributed by atoms with E-state index in [1.807, 2.05) is 36.4 Å². The van der Waals surface area contributed by atoms with Gasteiger partial charge < -0.3 is 0 Å². The first-order valence-electron chi connectivity index (χ1n) is 4.40. The van der Waals surface area contributed by atoms with E-state index in [1.165, 1.54) is 0 Å². The van der Waals surface area contributed by atoms with Crippen molar-refractivity contribution in [1.29, 1.82) is 0 Å². The van der Waals surface area contributed by atoms with E-state index in [0.29, 0.717) is 0 Å². The minimum Gasteiger partial charge on any atom is -0.265 e. The van der Waals surface area contributed by atoms with E-state index in [-0.39, 0.29) is 22.4 Å². The van der Waals surface area contributed by atoms with Gasteiger partial charge in [0.1, 0.15) is 0 Å². The molecular formula is C10H12AgN2O4S. The quantitative estimate of drug-likeness (QED) is 0.543. The van der Waals surface area contributed by atoms with Gasteiger partial charge in [-0.1, -0.05) is 12.1 Å². The molecule has 0 aliphatic rings. The first-order valence-corrected chi connectivity index (χ1v) is 5.79. The second-order valence-electron chi connectivity index (χ2n) is 2.50. The molecule has 2 heterocycles. The Morgan fingerprint density at radius 3 is 0.944 bits per heavy atom. The summed E-state index contributed by atoms with van der Waals surface area (Å²) < 4.78 is 31.6. The van der Waals surface area contributed by atoms with E-state index < -0.39 is 10.4 Å². The van der Waals surface area contributed by atoms with Crippen LogP contribution in [0, 0.1) is 0 Å². The summed E-state index contributed by atoms with van der Waals surface area (Å²) in [5.41, 5.74) is 0. The summed E-state index contributed by atoms with van der Waals surface area (Å²) in [5, 5.41) is 0. The Morgan fingerprint density at radius 1 is 0.667 bits per heavy atom. The van der Waals surface area contributed by atoms with Gasteiger partial charge in [-0.25, -0.2) is 0 Å². The summed E-state index contributed by atoms with van der Waals surface area (Å²) in [5.74, 6) is 0. The van der Waals surface area contributed by atoms with Gasteiger partial charge in [-0.15, -0.1) is 0 Å². The van der Waals surface area contributed by atoms with E-state index in [0.717, 1.165) is 0 Å². The van der Waals surface area contributed by atoms with Crippen LogP contribution in [0.4, 0.5) is 0 Å². The standard InChI is InChI=1S/2C5H5N.Ag.H2O4S/c2*1-2-4-6-5-3-1;;1-5(2,3)4/h2*1-5H;;(H2,1,2,3,4). The maximum atomic E-state index is 8.74. The molecular weight excluding hydrogens is 352 g/mol. The van der Waals surface area contributed by atoms with Crippen LogP contribution >= 0.6 is 0 Å². The largest absolute Gasteiger partial charge is 0.394 e. The molecule has 0 fully saturated rings. The third-order valence-corrected chi connectivity index (χ3v) is 1.13. The number of nitrogens with zero attached hydrogens (tertiary/aromatic N) is 2. The molecule has 0 aliphatic heterocycles. The van der Waals surface area contributed by atoms with Crippen LogP contribution in [0.15, 0.2) is 61.2 Å². The summed E-state index contributed by atoms with van der Waals surface area (Å²) in [4.78, 5) is 7.57. The fourth-order valence-corrected chi connectivity index (χ4v) is 0.625. The van der Waals surface area contributed by atoms with Crippen LogP contribution in [-0.2, 0) is 32.8 Å². The van der Waals surface area contributed by atoms with Crippen molar-refractivity contribution in [3.8, 4) is 0 Å². The molecule has 8 heteroatoms. The first kappa shape index (κ1) is 19.3. The van der Waals surface area contributed by atoms with Crippen molar-refractivity contribution in [2.24, 2.45) is 0 Å². The summed E-state index contributed by atoms with van der Waals surface area (Å²) in [6.45, 7) is 0. The van der Waals surface area contributed by atoms with Crippen LogP contribution < -0.4 is 0 Å². The van der Waals surface area contributed by atoms with Gasteiger partial charge >= 0.3 is 10.4 Å². The van der Waals surface area contributed by atoms with Gasteiger partial charge in [0.25, 0.3) is 0 Å². The first-order chi connectivity index (χ1) is 8.00. The molecule has 0 bridgehead atoms. The predicted octanol–water partition coefficient (Wildman–Crippen LogP) is 1.51. The molecule has 0 aromatic carbocycles. The van der Waals surface area contributed by atoms with E-state index in [2.05, 4.69) is 9.97 Å². The average molecular weight is 364 g/mol. The van der Waals surface area contributed by atoms with Crippen LogP contribution in [0.2, 0.25) is 0 Å². The van der Waals surface area contributed by atoms with Gasteiger partial charge in [0.15, 0.2) is 0 Å². The van der Waals surface area contributed by atoms with Crippen molar-refractivity contribution in [2.75, 3.05) is 0 Å². The minimum atomic E-state index is -4.67. The molecule has 0 saturated carbocycles. The van der Waals surface area contributed by atoms with E-state index in [1.54, 1.807) is 24.8 Å². The molecule has 2 aromatic heterocycles. The van der Waals surface area contributed by atoms with Crippen molar-refractivity contribution < 1.29 is 39.9 Å². The zero-order valence-corrected chi connectivity index (χ0v) is 11.4. The Bertz CT molecular complexity index is 375. The van der Waals surface area contributed by atoms with Gasteiger partial charge in [0.05, 0.1) is 0 Å². The van der Waals surface area contributed by atoms with Crippen molar-refractivity contribution in [1.82, 2.24) is 9.97 Å². The smallest absolute Gasteiger partial charge is 0.265 e. The molecule has 0 spiro atoms. The number of hydrogen-bond acceptors (Lipinski definition) is 4. The third kappa shape index (κ3) is 24.2. The van der Waals surface area contributed by atoms with Gasteiger partial charge in [-0.05, 0) is 24.3 Å². The third-order valence-electron chi connectivity index (χ3n) is 1.13. The van der Waals surface area contributed by atoms with Gasteiger partial charge in [0, 0.05) is 47.2 Å². The zero-order valence-electron chi connectivity index (χ0n) is 9.09. The van der Waals surface area contributed by atoms with E-state index in [9.17, 15) is 0 Å². The average Bonchev–Trinajstić information content (AvgIpc) is 2.32. The molecule has 0 aliphatic carbocycles. The van der Waals surface area contributed by atoms with Gasteiger partial charge in [0.2, 0.25) is 0 Å². The number of rotatable bonds is 0. The van der Waals surface area contributed by atoms with Crippen molar-refractivity contribution >= 4 is 10.4 Å². The maximum Gasteiger partial charge on any atom is 0.394 e. The van der Waals surface area contributed by atoms with Gasteiger partial charge in [-0.2, -0.15) is 8.42 Å². The Hall–Kier alpha value is -1.09. The molecule has 103 valence electrons. The second kappa shape index (κ2) is 12.4. The second-order valence-corrected chi connectivity index (χ2v) is 3.39. The van der Waals surface area contributed by atoms with Gasteiger partial charge in [-0.3, -0.25) is 19.1 Å². The molecule has 1 radical (unpaired) electrons. The summed E-state index contributed by atoms with van der Waals surface area (Å²) in [7, 11) is -4.67. The fourth-order valence-electron chi connectivity index (χ4n) is 0.625. The van der Waals surface area contributed by atoms with E-state index in [4.69, 9.17) is 17.5 Å². The van der Waals surface area contributed by atoms with Crippen LogP contribution in [0.25, 0.3) is 0 Å². The molecule has 0 amide bonds. The molecule has 0 saturated heterocycles. The number of hydrogen-bond donors (Lipinski definition) is 2. The topological polar surface area (TPSA) is 100 Å². The monoisotopic (exact) mass is 363 g/mol. The normalized spacial score (nSPS) is 8.56.